The second-order valence-corrected chi connectivity index (χ2v) is 7.96. The van der Waals surface area contributed by atoms with Crippen LogP contribution >= 0.6 is 11.3 Å². The Morgan fingerprint density at radius 3 is 2.65 bits per heavy atom. The number of rotatable bonds is 7. The van der Waals surface area contributed by atoms with E-state index in [4.69, 9.17) is 0 Å². The van der Waals surface area contributed by atoms with Crippen molar-refractivity contribution in [2.75, 3.05) is 20.6 Å². The van der Waals surface area contributed by atoms with Crippen LogP contribution in [0.5, 0.6) is 0 Å². The summed E-state index contributed by atoms with van der Waals surface area (Å²) in [6, 6.07) is 4.19. The third kappa shape index (κ3) is 4.53. The maximum Gasteiger partial charge on any atom is 0.277 e. The number of nitrogens with one attached hydrogen (secondary N) is 2. The molecule has 1 saturated carbocycles. The molecule has 1 aliphatic rings. The van der Waals surface area contributed by atoms with Crippen LogP contribution in [-0.2, 0) is 10.2 Å². The lowest BCUT2D eigenvalue weighted by molar-refractivity contribution is 0.303. The van der Waals surface area contributed by atoms with E-state index < -0.39 is 10.2 Å². The topological polar surface area (TPSA) is 61.4 Å². The molecule has 1 aromatic heterocycles. The molecule has 2 N–H and O–H groups in total. The summed E-state index contributed by atoms with van der Waals surface area (Å²) in [5.41, 5.74) is 0. The zero-order valence-corrected chi connectivity index (χ0v) is 13.6. The summed E-state index contributed by atoms with van der Waals surface area (Å²) in [7, 11) is 0.516. The van der Waals surface area contributed by atoms with Gasteiger partial charge in [0.15, 0.2) is 0 Å². The second kappa shape index (κ2) is 7.00. The van der Waals surface area contributed by atoms with Gasteiger partial charge in [0, 0.05) is 17.5 Å². The minimum absolute atomic E-state index is 0.0650. The summed E-state index contributed by atoms with van der Waals surface area (Å²) in [5.74, 6) is 0. The molecule has 1 aliphatic carbocycles. The molecular formula is C13H23N3O2S2. The average Bonchev–Trinajstić information content (AvgIpc) is 3.01. The van der Waals surface area contributed by atoms with Gasteiger partial charge in [-0.15, -0.1) is 11.3 Å². The normalized spacial score (nSPS) is 18.8. The van der Waals surface area contributed by atoms with Crippen molar-refractivity contribution in [3.8, 4) is 0 Å². The number of hydrogen-bond acceptors (Lipinski definition) is 4. The fraction of sp³-hybridized carbons (Fsp3) is 0.692. The molecule has 7 heteroatoms. The molecule has 0 amide bonds. The number of nitrogens with zero attached hydrogens (tertiary/aromatic N) is 1. The van der Waals surface area contributed by atoms with E-state index in [1.54, 1.807) is 11.3 Å². The van der Waals surface area contributed by atoms with E-state index in [1.807, 2.05) is 36.5 Å². The minimum Gasteiger partial charge on any atom is -0.300 e. The molecule has 0 spiro atoms. The lowest BCUT2D eigenvalue weighted by Gasteiger charge is -2.24. The van der Waals surface area contributed by atoms with E-state index >= 15 is 0 Å². The van der Waals surface area contributed by atoms with Crippen LogP contribution in [-0.4, -0.2) is 40.0 Å². The molecule has 0 radical (unpaired) electrons. The molecule has 5 nitrogen and oxygen atoms in total. The highest BCUT2D eigenvalue weighted by Gasteiger charge is 2.23. The molecule has 114 valence electrons. The lowest BCUT2D eigenvalue weighted by Crippen LogP contribution is -2.44. The summed E-state index contributed by atoms with van der Waals surface area (Å²) in [6.07, 6.45) is 4.12. The molecule has 0 saturated heterocycles. The predicted octanol–water partition coefficient (Wildman–Crippen LogP) is 1.72. The van der Waals surface area contributed by atoms with Crippen LogP contribution in [0.4, 0.5) is 0 Å². The van der Waals surface area contributed by atoms with Crippen molar-refractivity contribution in [3.05, 3.63) is 22.4 Å². The van der Waals surface area contributed by atoms with Crippen LogP contribution < -0.4 is 9.44 Å². The third-order valence-corrected chi connectivity index (χ3v) is 5.80. The smallest absolute Gasteiger partial charge is 0.277 e. The van der Waals surface area contributed by atoms with Gasteiger partial charge < -0.3 is 4.90 Å². The summed E-state index contributed by atoms with van der Waals surface area (Å²) in [6.45, 7) is 0.384. The zero-order valence-electron chi connectivity index (χ0n) is 12.0. The first kappa shape index (κ1) is 15.9. The van der Waals surface area contributed by atoms with Gasteiger partial charge in [0.2, 0.25) is 0 Å². The molecule has 2 rings (SSSR count). The summed E-state index contributed by atoms with van der Waals surface area (Å²) >= 11 is 1.65. The standard InChI is InChI=1S/C13H23N3O2S2/c1-16(2)12(13-8-5-9-19-13)10-14-20(17,18)15-11-6-3-4-7-11/h5,8-9,11-12,14-15H,3-4,6-7,10H2,1-2H3. The van der Waals surface area contributed by atoms with E-state index in [-0.39, 0.29) is 12.1 Å². The van der Waals surface area contributed by atoms with E-state index in [0.717, 1.165) is 25.7 Å². The SMILES string of the molecule is CN(C)C(CNS(=O)(=O)NC1CCCC1)c1cccs1. The fourth-order valence-electron chi connectivity index (χ4n) is 2.51. The molecule has 20 heavy (non-hydrogen) atoms. The zero-order chi connectivity index (χ0) is 14.6. The van der Waals surface area contributed by atoms with Crippen LogP contribution in [0.15, 0.2) is 17.5 Å². The van der Waals surface area contributed by atoms with Gasteiger partial charge in [0.05, 0.1) is 6.04 Å². The Morgan fingerprint density at radius 1 is 1.40 bits per heavy atom. The Hall–Kier alpha value is -0.470. The molecule has 0 aliphatic heterocycles. The molecule has 1 heterocycles. The highest BCUT2D eigenvalue weighted by molar-refractivity contribution is 7.87. The van der Waals surface area contributed by atoms with Gasteiger partial charge in [0.1, 0.15) is 0 Å². The molecule has 1 aromatic rings. The first-order valence-corrected chi connectivity index (χ1v) is 9.31. The van der Waals surface area contributed by atoms with Gasteiger partial charge in [-0.25, -0.2) is 4.72 Å². The van der Waals surface area contributed by atoms with E-state index in [9.17, 15) is 8.42 Å². The summed E-state index contributed by atoms with van der Waals surface area (Å²) < 4.78 is 29.5. The van der Waals surface area contributed by atoms with Gasteiger partial charge in [0.25, 0.3) is 10.2 Å². The van der Waals surface area contributed by atoms with Crippen LogP contribution in [0.1, 0.15) is 36.6 Å². The number of hydrogen-bond donors (Lipinski definition) is 2. The Morgan fingerprint density at radius 2 is 2.10 bits per heavy atom. The van der Waals surface area contributed by atoms with E-state index in [2.05, 4.69) is 9.44 Å². The van der Waals surface area contributed by atoms with Crippen molar-refractivity contribution in [2.45, 2.75) is 37.8 Å². The fourth-order valence-corrected chi connectivity index (χ4v) is 4.57. The van der Waals surface area contributed by atoms with E-state index in [1.165, 1.54) is 4.88 Å². The number of thiophene rings is 1. The second-order valence-electron chi connectivity index (χ2n) is 5.45. The summed E-state index contributed by atoms with van der Waals surface area (Å²) in [4.78, 5) is 3.20. The van der Waals surface area contributed by atoms with Crippen molar-refractivity contribution < 1.29 is 8.42 Å². The predicted molar refractivity (Wildman–Crippen MR) is 83.1 cm³/mol. The highest BCUT2D eigenvalue weighted by atomic mass is 32.2. The minimum atomic E-state index is -3.41. The van der Waals surface area contributed by atoms with Crippen molar-refractivity contribution in [3.63, 3.8) is 0 Å². The molecule has 1 fully saturated rings. The maximum absolute atomic E-state index is 12.0. The quantitative estimate of drug-likeness (QED) is 0.805. The van der Waals surface area contributed by atoms with Crippen molar-refractivity contribution in [2.24, 2.45) is 0 Å². The van der Waals surface area contributed by atoms with Crippen molar-refractivity contribution in [1.29, 1.82) is 0 Å². The first-order valence-electron chi connectivity index (χ1n) is 6.95. The largest absolute Gasteiger partial charge is 0.300 e. The van der Waals surface area contributed by atoms with Gasteiger partial charge >= 0.3 is 0 Å². The number of likely N-dealkylation sites (N-methyl/N-ethyl adjacent to an activating group) is 1. The van der Waals surface area contributed by atoms with E-state index in [0.29, 0.717) is 6.54 Å². The van der Waals surface area contributed by atoms with Gasteiger partial charge in [-0.1, -0.05) is 18.9 Å². The molecule has 0 bridgehead atoms. The highest BCUT2D eigenvalue weighted by Crippen LogP contribution is 2.22. The monoisotopic (exact) mass is 317 g/mol. The molecule has 1 atom stereocenters. The first-order chi connectivity index (χ1) is 9.48. The summed E-state index contributed by atoms with van der Waals surface area (Å²) in [5, 5.41) is 2.01. The lowest BCUT2D eigenvalue weighted by atomic mass is 10.2. The molecule has 0 aromatic carbocycles. The Labute approximate surface area is 125 Å². The average molecular weight is 317 g/mol. The molecular weight excluding hydrogens is 294 g/mol. The van der Waals surface area contributed by atoms with Gasteiger partial charge in [-0.3, -0.25) is 0 Å². The van der Waals surface area contributed by atoms with Crippen LogP contribution in [0.2, 0.25) is 0 Å². The van der Waals surface area contributed by atoms with Crippen LogP contribution in [0.3, 0.4) is 0 Å². The van der Waals surface area contributed by atoms with Crippen LogP contribution in [0.25, 0.3) is 0 Å². The third-order valence-electron chi connectivity index (χ3n) is 3.64. The van der Waals surface area contributed by atoms with Gasteiger partial charge in [-0.05, 0) is 38.4 Å². The van der Waals surface area contributed by atoms with Crippen molar-refractivity contribution >= 4 is 21.5 Å². The van der Waals surface area contributed by atoms with Crippen LogP contribution in [0, 0.1) is 0 Å². The Bertz CT molecular complexity index is 494. The maximum atomic E-state index is 12.0. The Kier molecular flexibility index (Phi) is 5.57. The Balaban J connectivity index is 1.91. The van der Waals surface area contributed by atoms with Gasteiger partial charge in [-0.2, -0.15) is 13.1 Å². The van der Waals surface area contributed by atoms with Crippen molar-refractivity contribution in [1.82, 2.24) is 14.3 Å². The molecule has 1 unspecified atom stereocenters.